The van der Waals surface area contributed by atoms with E-state index in [0.717, 1.165) is 43.0 Å². The molecule has 3 rings (SSSR count). The monoisotopic (exact) mass is 288 g/mol. The van der Waals surface area contributed by atoms with Crippen LogP contribution >= 0.6 is 0 Å². The summed E-state index contributed by atoms with van der Waals surface area (Å²) in [5, 5.41) is 4.68. The number of ether oxygens (including phenoxy) is 1. The van der Waals surface area contributed by atoms with Crippen molar-refractivity contribution in [2.75, 3.05) is 33.3 Å². The number of hydrogen-bond donors (Lipinski definition) is 1. The van der Waals surface area contributed by atoms with E-state index in [1.54, 1.807) is 0 Å². The molecule has 0 radical (unpaired) electrons. The van der Waals surface area contributed by atoms with Crippen LogP contribution in [0, 0.1) is 6.92 Å². The van der Waals surface area contributed by atoms with Crippen molar-refractivity contribution < 1.29 is 9.15 Å². The minimum absolute atomic E-state index is 0.102. The molecule has 1 aromatic heterocycles. The highest BCUT2D eigenvalue weighted by Crippen LogP contribution is 2.28. The third-order valence-corrected chi connectivity index (χ3v) is 4.09. The molecule has 1 N–H and O–H groups in total. The van der Waals surface area contributed by atoms with E-state index in [-0.39, 0.29) is 12.1 Å². The van der Waals surface area contributed by atoms with Gasteiger partial charge < -0.3 is 19.4 Å². The summed E-state index contributed by atoms with van der Waals surface area (Å²) in [5.41, 5.74) is 2.20. The maximum absolute atomic E-state index is 6.07. The molecular weight excluding hydrogens is 264 g/mol. The predicted octanol–water partition coefficient (Wildman–Crippen LogP) is 2.72. The summed E-state index contributed by atoms with van der Waals surface area (Å²) in [6, 6.07) is 8.55. The van der Waals surface area contributed by atoms with Crippen molar-refractivity contribution in [2.45, 2.75) is 26.0 Å². The second-order valence-corrected chi connectivity index (χ2v) is 5.90. The maximum atomic E-state index is 6.07. The van der Waals surface area contributed by atoms with E-state index in [1.165, 1.54) is 5.56 Å². The predicted molar refractivity (Wildman–Crippen MR) is 84.6 cm³/mol. The summed E-state index contributed by atoms with van der Waals surface area (Å²) in [7, 11) is 2.14. The second-order valence-electron chi connectivity index (χ2n) is 5.90. The summed E-state index contributed by atoms with van der Waals surface area (Å²) >= 11 is 0. The number of nitrogens with one attached hydrogen (secondary N) is 1. The molecule has 21 heavy (non-hydrogen) atoms. The van der Waals surface area contributed by atoms with Gasteiger partial charge in [-0.15, -0.1) is 0 Å². The van der Waals surface area contributed by atoms with Crippen LogP contribution in [-0.2, 0) is 4.74 Å². The van der Waals surface area contributed by atoms with Crippen molar-refractivity contribution in [1.29, 1.82) is 0 Å². The molecule has 1 aliphatic rings. The molecule has 4 nitrogen and oxygen atoms in total. The van der Waals surface area contributed by atoms with E-state index < -0.39 is 0 Å². The van der Waals surface area contributed by atoms with E-state index in [9.17, 15) is 0 Å². The van der Waals surface area contributed by atoms with Crippen molar-refractivity contribution in [3.63, 3.8) is 0 Å². The van der Waals surface area contributed by atoms with Crippen molar-refractivity contribution >= 4 is 11.0 Å². The molecule has 2 unspecified atom stereocenters. The Labute approximate surface area is 126 Å². The smallest absolute Gasteiger partial charge is 0.134 e. The molecule has 2 atom stereocenters. The van der Waals surface area contributed by atoms with Crippen LogP contribution in [0.5, 0.6) is 0 Å². The molecule has 0 spiro atoms. The van der Waals surface area contributed by atoms with Crippen LogP contribution in [0.1, 0.15) is 24.3 Å². The van der Waals surface area contributed by atoms with Crippen molar-refractivity contribution in [3.8, 4) is 0 Å². The zero-order chi connectivity index (χ0) is 14.8. The lowest BCUT2D eigenvalue weighted by molar-refractivity contribution is -0.0422. The van der Waals surface area contributed by atoms with E-state index in [0.29, 0.717) is 0 Å². The fraction of sp³-hybridized carbons (Fsp3) is 0.529. The summed E-state index contributed by atoms with van der Waals surface area (Å²) < 4.78 is 12.0. The molecule has 1 aliphatic heterocycles. The van der Waals surface area contributed by atoms with Gasteiger partial charge in [0.25, 0.3) is 0 Å². The average Bonchev–Trinajstić information content (AvgIpc) is 2.87. The summed E-state index contributed by atoms with van der Waals surface area (Å²) in [5.74, 6) is 0.970. The number of fused-ring (bicyclic) bond motifs is 1. The number of rotatable bonds is 4. The van der Waals surface area contributed by atoms with Gasteiger partial charge in [0.05, 0.1) is 18.8 Å². The van der Waals surface area contributed by atoms with E-state index in [4.69, 9.17) is 9.15 Å². The fourth-order valence-electron chi connectivity index (χ4n) is 2.98. The standard InChI is InChI=1S/C17H24N2O2/c1-4-18-17(16-11-19(3)7-8-20-16)15-10-13-9-12(2)5-6-14(13)21-15/h5-6,9-10,16-18H,4,7-8,11H2,1-3H3. The van der Waals surface area contributed by atoms with Gasteiger partial charge in [-0.2, -0.15) is 0 Å². The Morgan fingerprint density at radius 1 is 1.38 bits per heavy atom. The molecule has 4 heteroatoms. The van der Waals surface area contributed by atoms with Gasteiger partial charge in [-0.1, -0.05) is 18.6 Å². The molecule has 0 saturated carbocycles. The van der Waals surface area contributed by atoms with Crippen molar-refractivity contribution in [3.05, 3.63) is 35.6 Å². The largest absolute Gasteiger partial charge is 0.459 e. The van der Waals surface area contributed by atoms with Crippen LogP contribution in [-0.4, -0.2) is 44.3 Å². The topological polar surface area (TPSA) is 37.6 Å². The lowest BCUT2D eigenvalue weighted by Crippen LogP contribution is -2.46. The first-order valence-corrected chi connectivity index (χ1v) is 7.71. The van der Waals surface area contributed by atoms with Crippen molar-refractivity contribution in [2.24, 2.45) is 0 Å². The highest BCUT2D eigenvalue weighted by atomic mass is 16.5. The van der Waals surface area contributed by atoms with Gasteiger partial charge in [0.15, 0.2) is 0 Å². The minimum Gasteiger partial charge on any atom is -0.459 e. The molecule has 2 heterocycles. The lowest BCUT2D eigenvalue weighted by Gasteiger charge is -2.34. The van der Waals surface area contributed by atoms with Crippen LogP contribution in [0.3, 0.4) is 0 Å². The van der Waals surface area contributed by atoms with Crippen LogP contribution in [0.25, 0.3) is 11.0 Å². The van der Waals surface area contributed by atoms with Gasteiger partial charge in [0.1, 0.15) is 11.3 Å². The highest BCUT2D eigenvalue weighted by molar-refractivity contribution is 5.78. The number of hydrogen-bond acceptors (Lipinski definition) is 4. The highest BCUT2D eigenvalue weighted by Gasteiger charge is 2.29. The molecular formula is C17H24N2O2. The number of benzene rings is 1. The number of morpholine rings is 1. The minimum atomic E-state index is 0.102. The number of aryl methyl sites for hydroxylation is 1. The molecule has 0 amide bonds. The molecule has 2 aromatic rings. The molecule has 1 saturated heterocycles. The first kappa shape index (κ1) is 14.6. The SMILES string of the molecule is CCNC(c1cc2cc(C)ccc2o1)C1CN(C)CCO1. The molecule has 1 fully saturated rings. The van der Waals surface area contributed by atoms with Gasteiger partial charge in [-0.25, -0.2) is 0 Å². The first-order valence-electron chi connectivity index (χ1n) is 7.71. The van der Waals surface area contributed by atoms with Gasteiger partial charge in [0.2, 0.25) is 0 Å². The van der Waals surface area contributed by atoms with Gasteiger partial charge in [-0.05, 0) is 38.7 Å². The van der Waals surface area contributed by atoms with E-state index in [1.807, 2.05) is 6.07 Å². The van der Waals surface area contributed by atoms with Gasteiger partial charge in [0, 0.05) is 18.5 Å². The fourth-order valence-corrected chi connectivity index (χ4v) is 2.98. The van der Waals surface area contributed by atoms with Gasteiger partial charge >= 0.3 is 0 Å². The molecule has 114 valence electrons. The molecule has 1 aromatic carbocycles. The summed E-state index contributed by atoms with van der Waals surface area (Å²) in [6.45, 7) is 7.81. The number of furan rings is 1. The Morgan fingerprint density at radius 3 is 3.00 bits per heavy atom. The molecule has 0 aliphatic carbocycles. The summed E-state index contributed by atoms with van der Waals surface area (Å²) in [6.07, 6.45) is 0.130. The van der Waals surface area contributed by atoms with Crippen LogP contribution in [0.15, 0.2) is 28.7 Å². The Morgan fingerprint density at radius 2 is 2.24 bits per heavy atom. The van der Waals surface area contributed by atoms with E-state index in [2.05, 4.69) is 49.3 Å². The Bertz CT molecular complexity index is 608. The number of nitrogens with zero attached hydrogens (tertiary/aromatic N) is 1. The van der Waals surface area contributed by atoms with Crippen molar-refractivity contribution in [1.82, 2.24) is 10.2 Å². The normalized spacial score (nSPS) is 21.8. The average molecular weight is 288 g/mol. The summed E-state index contributed by atoms with van der Waals surface area (Å²) in [4.78, 5) is 2.31. The van der Waals surface area contributed by atoms with E-state index >= 15 is 0 Å². The molecule has 0 bridgehead atoms. The Balaban J connectivity index is 1.90. The first-order chi connectivity index (χ1) is 10.2. The second kappa shape index (κ2) is 6.18. The quantitative estimate of drug-likeness (QED) is 0.938. The van der Waals surface area contributed by atoms with Gasteiger partial charge in [-0.3, -0.25) is 0 Å². The van der Waals surface area contributed by atoms with Crippen LogP contribution < -0.4 is 5.32 Å². The lowest BCUT2D eigenvalue weighted by atomic mass is 10.1. The zero-order valence-corrected chi connectivity index (χ0v) is 13.1. The Hall–Kier alpha value is -1.36. The zero-order valence-electron chi connectivity index (χ0n) is 13.1. The Kier molecular flexibility index (Phi) is 4.29. The third-order valence-electron chi connectivity index (χ3n) is 4.09. The van der Waals surface area contributed by atoms with Crippen LogP contribution in [0.4, 0.5) is 0 Å². The number of likely N-dealkylation sites (N-methyl/N-ethyl adjacent to an activating group) is 2. The third kappa shape index (κ3) is 3.12. The maximum Gasteiger partial charge on any atom is 0.134 e. The van der Waals surface area contributed by atoms with Crippen LogP contribution in [0.2, 0.25) is 0 Å².